The van der Waals surface area contributed by atoms with Crippen molar-refractivity contribution in [2.75, 3.05) is 6.54 Å². The van der Waals surface area contributed by atoms with Gasteiger partial charge in [0.2, 0.25) is 11.1 Å². The zero-order valence-electron chi connectivity index (χ0n) is 18.4. The van der Waals surface area contributed by atoms with Gasteiger partial charge in [-0.15, -0.1) is 0 Å². The van der Waals surface area contributed by atoms with Crippen molar-refractivity contribution in [2.24, 2.45) is 5.92 Å². The first kappa shape index (κ1) is 26.1. The summed E-state index contributed by atoms with van der Waals surface area (Å²) in [6.45, 7) is 3.07. The van der Waals surface area contributed by atoms with E-state index in [-0.39, 0.29) is 47.2 Å². The van der Waals surface area contributed by atoms with Crippen molar-refractivity contribution in [3.63, 3.8) is 0 Å². The van der Waals surface area contributed by atoms with E-state index in [1.165, 1.54) is 17.9 Å². The summed E-state index contributed by atoms with van der Waals surface area (Å²) in [6.07, 6.45) is -8.04. The third kappa shape index (κ3) is 5.92. The molecule has 0 bridgehead atoms. The summed E-state index contributed by atoms with van der Waals surface area (Å²) in [6, 6.07) is 5.67. The molecule has 1 amide bonds. The third-order valence-corrected chi connectivity index (χ3v) is 6.18. The minimum absolute atomic E-state index is 0.0166. The fourth-order valence-corrected chi connectivity index (χ4v) is 3.80. The van der Waals surface area contributed by atoms with Crippen LogP contribution in [0.4, 0.5) is 26.3 Å². The quantitative estimate of drug-likeness (QED) is 0.299. The number of hydrogen-bond donors (Lipinski definition) is 0. The van der Waals surface area contributed by atoms with Crippen LogP contribution >= 0.6 is 11.6 Å². The third-order valence-electron chi connectivity index (χ3n) is 5.85. The number of carbonyl (C=O) groups is 2. The number of alkyl halides is 6. The normalized spacial score (nSPS) is 15.2. The Labute approximate surface area is 197 Å². The molecule has 3 nitrogen and oxygen atoms in total. The molecule has 2 aromatic carbocycles. The molecule has 34 heavy (non-hydrogen) atoms. The van der Waals surface area contributed by atoms with E-state index >= 15 is 0 Å². The van der Waals surface area contributed by atoms with E-state index in [2.05, 4.69) is 0 Å². The molecule has 1 unspecified atom stereocenters. The van der Waals surface area contributed by atoms with Crippen LogP contribution in [0.15, 0.2) is 36.4 Å². The van der Waals surface area contributed by atoms with E-state index < -0.39 is 34.6 Å². The van der Waals surface area contributed by atoms with E-state index in [0.717, 1.165) is 30.3 Å². The molecule has 0 spiro atoms. The van der Waals surface area contributed by atoms with Gasteiger partial charge in [-0.2, -0.15) is 26.3 Å². The molecule has 1 aliphatic carbocycles. The van der Waals surface area contributed by atoms with E-state index in [4.69, 9.17) is 11.6 Å². The van der Waals surface area contributed by atoms with Crippen LogP contribution in [-0.2, 0) is 28.5 Å². The van der Waals surface area contributed by atoms with E-state index in [0.29, 0.717) is 12.8 Å². The number of benzene rings is 2. The summed E-state index contributed by atoms with van der Waals surface area (Å²) >= 11 is 5.50. The number of rotatable bonds is 7. The minimum atomic E-state index is -4.76. The van der Waals surface area contributed by atoms with Crippen molar-refractivity contribution in [3.8, 4) is 11.1 Å². The van der Waals surface area contributed by atoms with Gasteiger partial charge in [0.1, 0.15) is 0 Å². The van der Waals surface area contributed by atoms with Crippen LogP contribution in [0, 0.1) is 5.92 Å². The summed E-state index contributed by atoms with van der Waals surface area (Å²) in [5.41, 5.74) is -1.91. The summed E-state index contributed by atoms with van der Waals surface area (Å²) in [4.78, 5) is 25.6. The van der Waals surface area contributed by atoms with Crippen molar-refractivity contribution in [1.29, 1.82) is 0 Å². The highest BCUT2D eigenvalue weighted by molar-refractivity contribution is 6.64. The predicted octanol–water partition coefficient (Wildman–Crippen LogP) is 7.02. The molecule has 3 rings (SSSR count). The Balaban J connectivity index is 2.18. The lowest BCUT2D eigenvalue weighted by Crippen LogP contribution is -2.31. The first-order valence-corrected chi connectivity index (χ1v) is 11.0. The zero-order chi connectivity index (χ0) is 25.4. The van der Waals surface area contributed by atoms with Crippen molar-refractivity contribution in [1.82, 2.24) is 4.90 Å². The lowest BCUT2D eigenvalue weighted by atomic mass is 9.91. The molecule has 0 saturated heterocycles. The zero-order valence-corrected chi connectivity index (χ0v) is 19.1. The van der Waals surface area contributed by atoms with Gasteiger partial charge in [0.15, 0.2) is 0 Å². The van der Waals surface area contributed by atoms with Gasteiger partial charge in [-0.05, 0) is 77.9 Å². The van der Waals surface area contributed by atoms with Gasteiger partial charge in [-0.1, -0.05) is 19.1 Å². The second-order valence-corrected chi connectivity index (χ2v) is 8.74. The summed E-state index contributed by atoms with van der Waals surface area (Å²) in [5.74, 6) is -1.44. The fourth-order valence-electron chi connectivity index (χ4n) is 3.67. The Bertz CT molecular complexity index is 1090. The van der Waals surface area contributed by atoms with Gasteiger partial charge in [-0.25, -0.2) is 0 Å². The smallest absolute Gasteiger partial charge is 0.338 e. The summed E-state index contributed by atoms with van der Waals surface area (Å²) in [5, 5.41) is -0.870. The average Bonchev–Trinajstić information content (AvgIpc) is 3.60. The minimum Gasteiger partial charge on any atom is -0.338 e. The Morgan fingerprint density at radius 3 is 2.12 bits per heavy atom. The molecular weight excluding hydrogens is 484 g/mol. The summed E-state index contributed by atoms with van der Waals surface area (Å²) in [7, 11) is 0. The molecule has 0 heterocycles. The molecule has 1 fully saturated rings. The lowest BCUT2D eigenvalue weighted by Gasteiger charge is -2.24. The van der Waals surface area contributed by atoms with Crippen molar-refractivity contribution < 1.29 is 35.9 Å². The Morgan fingerprint density at radius 2 is 1.62 bits per heavy atom. The summed E-state index contributed by atoms with van der Waals surface area (Å²) < 4.78 is 81.0. The second kappa shape index (κ2) is 9.60. The number of amides is 1. The average molecular weight is 506 g/mol. The van der Waals surface area contributed by atoms with Crippen LogP contribution in [0.25, 0.3) is 11.1 Å². The van der Waals surface area contributed by atoms with Crippen LogP contribution in [-0.4, -0.2) is 22.6 Å². The van der Waals surface area contributed by atoms with Gasteiger partial charge in [0.25, 0.3) is 0 Å². The largest absolute Gasteiger partial charge is 0.416 e. The van der Waals surface area contributed by atoms with E-state index in [1.807, 2.05) is 0 Å². The lowest BCUT2D eigenvalue weighted by molar-refractivity contribution is -0.138. The monoisotopic (exact) mass is 505 g/mol. The predicted molar refractivity (Wildman–Crippen MR) is 115 cm³/mol. The number of halogens is 7. The van der Waals surface area contributed by atoms with Crippen molar-refractivity contribution in [2.45, 2.75) is 51.5 Å². The van der Waals surface area contributed by atoms with E-state index in [1.54, 1.807) is 6.92 Å². The number of hydrogen-bond acceptors (Lipinski definition) is 2. The molecular formula is C24H22ClF6NO2. The molecule has 0 N–H and O–H groups in total. The molecule has 1 aliphatic rings. The highest BCUT2D eigenvalue weighted by Gasteiger charge is 2.35. The van der Waals surface area contributed by atoms with Crippen molar-refractivity contribution >= 4 is 22.8 Å². The number of nitrogens with zero attached hydrogens (tertiary/aromatic N) is 1. The van der Waals surface area contributed by atoms with Crippen LogP contribution in [0.2, 0.25) is 0 Å². The van der Waals surface area contributed by atoms with Crippen molar-refractivity contribution in [3.05, 3.63) is 58.7 Å². The van der Waals surface area contributed by atoms with Gasteiger partial charge in [0, 0.05) is 19.0 Å². The second-order valence-electron chi connectivity index (χ2n) is 8.36. The molecule has 0 aromatic heterocycles. The van der Waals surface area contributed by atoms with E-state index in [9.17, 15) is 35.9 Å². The highest BCUT2D eigenvalue weighted by atomic mass is 35.5. The Kier molecular flexibility index (Phi) is 7.36. The van der Waals surface area contributed by atoms with Crippen LogP contribution in [0.3, 0.4) is 0 Å². The standard InChI is InChI=1S/C24H22ClF6NO2/c1-3-32(22(34)14-4-5-14)12-17-11-18(23(26,27)28)6-7-20(17)16-8-15(13(2)21(25)33)9-19(10-16)24(29,30)31/h6-11,13-14H,3-5,12H2,1-2H3. The fraction of sp³-hybridized carbons (Fsp3) is 0.417. The van der Waals surface area contributed by atoms with Crippen LogP contribution in [0.1, 0.15) is 54.9 Å². The van der Waals surface area contributed by atoms with Crippen LogP contribution < -0.4 is 0 Å². The van der Waals surface area contributed by atoms with Gasteiger partial charge >= 0.3 is 12.4 Å². The van der Waals surface area contributed by atoms with Crippen LogP contribution in [0.5, 0.6) is 0 Å². The topological polar surface area (TPSA) is 37.4 Å². The molecule has 0 radical (unpaired) electrons. The SMILES string of the molecule is CCN(Cc1cc(C(F)(F)F)ccc1-c1cc(C(C)C(=O)Cl)cc(C(F)(F)F)c1)C(=O)C1CC1. The highest BCUT2D eigenvalue weighted by Crippen LogP contribution is 2.39. The maximum Gasteiger partial charge on any atom is 0.416 e. The van der Waals surface area contributed by atoms with Gasteiger partial charge in [-0.3, -0.25) is 9.59 Å². The Morgan fingerprint density at radius 1 is 1.00 bits per heavy atom. The molecule has 2 aromatic rings. The van der Waals surface area contributed by atoms with Gasteiger partial charge < -0.3 is 4.90 Å². The maximum atomic E-state index is 13.6. The first-order valence-electron chi connectivity index (χ1n) is 10.6. The Hall–Kier alpha value is -2.55. The molecule has 184 valence electrons. The first-order chi connectivity index (χ1) is 15.7. The maximum absolute atomic E-state index is 13.6. The van der Waals surface area contributed by atoms with Gasteiger partial charge in [0.05, 0.1) is 17.0 Å². The molecule has 1 atom stereocenters. The molecule has 0 aliphatic heterocycles. The number of carbonyl (C=O) groups excluding carboxylic acids is 2. The molecule has 10 heteroatoms. The molecule has 1 saturated carbocycles.